The Balaban J connectivity index is 1.38. The number of nitrogens with one attached hydrogen (secondary N) is 3. The number of anilines is 2. The third-order valence-electron chi connectivity index (χ3n) is 5.57. The van der Waals surface area contributed by atoms with Crippen LogP contribution in [0, 0.1) is 0 Å². The summed E-state index contributed by atoms with van der Waals surface area (Å²) in [5.74, 6) is 1.03. The van der Waals surface area contributed by atoms with E-state index >= 15 is 0 Å². The normalized spacial score (nSPS) is 20.0. The van der Waals surface area contributed by atoms with Crippen molar-refractivity contribution in [1.29, 1.82) is 0 Å². The molecule has 0 saturated heterocycles. The van der Waals surface area contributed by atoms with Gasteiger partial charge in [-0.15, -0.1) is 0 Å². The number of nitrogens with zero attached hydrogens (tertiary/aromatic N) is 4. The van der Waals surface area contributed by atoms with Crippen molar-refractivity contribution in [2.75, 3.05) is 5.32 Å². The van der Waals surface area contributed by atoms with Gasteiger partial charge in [0, 0.05) is 42.4 Å². The van der Waals surface area contributed by atoms with Gasteiger partial charge in [-0.25, -0.2) is 4.79 Å². The minimum Gasteiger partial charge on any atom is -0.446 e. The van der Waals surface area contributed by atoms with Crippen LogP contribution >= 0.6 is 0 Å². The maximum absolute atomic E-state index is 12.0. The van der Waals surface area contributed by atoms with Gasteiger partial charge in [-0.2, -0.15) is 10.2 Å². The highest BCUT2D eigenvalue weighted by molar-refractivity contribution is 5.90. The van der Waals surface area contributed by atoms with Gasteiger partial charge >= 0.3 is 6.09 Å². The van der Waals surface area contributed by atoms with Crippen LogP contribution in [0.15, 0.2) is 24.7 Å². The second-order valence-electron chi connectivity index (χ2n) is 7.72. The van der Waals surface area contributed by atoms with Gasteiger partial charge in [-0.1, -0.05) is 6.92 Å². The minimum absolute atomic E-state index is 0.0591. The van der Waals surface area contributed by atoms with E-state index in [1.807, 2.05) is 31.6 Å². The number of H-pyrrole nitrogens is 1. The smallest absolute Gasteiger partial charge is 0.407 e. The van der Waals surface area contributed by atoms with Crippen LogP contribution in [0.3, 0.4) is 0 Å². The summed E-state index contributed by atoms with van der Waals surface area (Å²) in [5.41, 5.74) is 2.88. The number of amides is 1. The van der Waals surface area contributed by atoms with Crippen molar-refractivity contribution in [1.82, 2.24) is 30.3 Å². The Hall–Kier alpha value is -3.10. The summed E-state index contributed by atoms with van der Waals surface area (Å²) >= 11 is 0. The predicted octanol–water partition coefficient (Wildman–Crippen LogP) is 3.60. The molecule has 29 heavy (non-hydrogen) atoms. The van der Waals surface area contributed by atoms with Crippen molar-refractivity contribution in [3.8, 4) is 0 Å². The van der Waals surface area contributed by atoms with Gasteiger partial charge in [0.25, 0.3) is 0 Å². The molecule has 154 valence electrons. The Labute approximate surface area is 169 Å². The number of carbonyl (C=O) groups excluding carboxylic acids is 1. The highest BCUT2D eigenvalue weighted by Gasteiger charge is 2.30. The minimum atomic E-state index is -0.325. The van der Waals surface area contributed by atoms with Crippen molar-refractivity contribution >= 4 is 28.5 Å². The average Bonchev–Trinajstić information content (AvgIpc) is 3.43. The summed E-state index contributed by atoms with van der Waals surface area (Å²) < 4.78 is 7.39. The van der Waals surface area contributed by atoms with Crippen molar-refractivity contribution in [3.63, 3.8) is 0 Å². The maximum Gasteiger partial charge on any atom is 0.407 e. The third-order valence-corrected chi connectivity index (χ3v) is 5.57. The van der Waals surface area contributed by atoms with Gasteiger partial charge in [-0.05, 0) is 32.6 Å². The molecule has 3 aromatic heterocycles. The van der Waals surface area contributed by atoms with E-state index in [0.29, 0.717) is 5.92 Å². The van der Waals surface area contributed by atoms with Crippen LogP contribution in [-0.4, -0.2) is 43.2 Å². The maximum atomic E-state index is 12.0. The molecule has 0 aromatic carbocycles. The molecule has 1 aliphatic rings. The molecule has 0 aliphatic heterocycles. The topological polar surface area (TPSA) is 110 Å². The number of carbonyl (C=O) groups is 1. The van der Waals surface area contributed by atoms with Crippen molar-refractivity contribution < 1.29 is 9.53 Å². The zero-order chi connectivity index (χ0) is 20.4. The lowest BCUT2D eigenvalue weighted by atomic mass is 10.0. The number of aryl methyl sites for hydroxylation is 1. The summed E-state index contributed by atoms with van der Waals surface area (Å²) in [4.78, 5) is 16.2. The van der Waals surface area contributed by atoms with Crippen molar-refractivity contribution in [2.24, 2.45) is 7.05 Å². The number of aromatic nitrogens is 5. The van der Waals surface area contributed by atoms with Gasteiger partial charge in [0.15, 0.2) is 5.82 Å². The zero-order valence-electron chi connectivity index (χ0n) is 17.0. The largest absolute Gasteiger partial charge is 0.446 e. The lowest BCUT2D eigenvalue weighted by molar-refractivity contribution is 0.0974. The zero-order valence-corrected chi connectivity index (χ0v) is 17.0. The van der Waals surface area contributed by atoms with Gasteiger partial charge in [0.05, 0.1) is 23.6 Å². The highest BCUT2D eigenvalue weighted by Crippen LogP contribution is 2.36. The molecule has 0 bridgehead atoms. The molecule has 3 N–H and O–H groups in total. The molecule has 1 aliphatic carbocycles. The Morgan fingerprint density at radius 1 is 1.38 bits per heavy atom. The second kappa shape index (κ2) is 8.10. The predicted molar refractivity (Wildman–Crippen MR) is 110 cm³/mol. The molecule has 1 fully saturated rings. The van der Waals surface area contributed by atoms with E-state index in [0.717, 1.165) is 53.8 Å². The van der Waals surface area contributed by atoms with Crippen LogP contribution in [0.5, 0.6) is 0 Å². The molecule has 9 heteroatoms. The van der Waals surface area contributed by atoms with E-state index < -0.39 is 0 Å². The van der Waals surface area contributed by atoms with Crippen LogP contribution in [0.4, 0.5) is 16.3 Å². The lowest BCUT2D eigenvalue weighted by Crippen LogP contribution is -2.34. The summed E-state index contributed by atoms with van der Waals surface area (Å²) in [7, 11) is 1.90. The van der Waals surface area contributed by atoms with E-state index in [-0.39, 0.29) is 18.2 Å². The van der Waals surface area contributed by atoms with E-state index in [4.69, 9.17) is 4.74 Å². The lowest BCUT2D eigenvalue weighted by Gasteiger charge is -2.16. The summed E-state index contributed by atoms with van der Waals surface area (Å²) in [6.45, 7) is 4.00. The summed E-state index contributed by atoms with van der Waals surface area (Å²) in [6, 6.07) is 2.14. The molecule has 1 saturated carbocycles. The first-order valence-corrected chi connectivity index (χ1v) is 10.1. The SMILES string of the molecule is CCC(C)NC(=O)O[C@@H]1CC[C@H](c2cc(Nc3cncc4cnn(C)c34)n[nH]2)C1. The van der Waals surface area contributed by atoms with Crippen LogP contribution in [0.1, 0.15) is 51.1 Å². The molecule has 3 aromatic rings. The molecule has 3 atom stereocenters. The Kier molecular flexibility index (Phi) is 5.37. The Morgan fingerprint density at radius 2 is 2.24 bits per heavy atom. The molecular formula is C20H27N7O2. The van der Waals surface area contributed by atoms with Crippen molar-refractivity contribution in [3.05, 3.63) is 30.4 Å². The number of ether oxygens (including phenoxy) is 1. The number of alkyl carbamates (subject to hydrolysis) is 1. The fourth-order valence-electron chi connectivity index (χ4n) is 3.79. The van der Waals surface area contributed by atoms with Crippen LogP contribution < -0.4 is 10.6 Å². The summed E-state index contributed by atoms with van der Waals surface area (Å²) in [5, 5.41) is 19.0. The molecule has 1 unspecified atom stereocenters. The molecule has 1 amide bonds. The monoisotopic (exact) mass is 397 g/mol. The highest BCUT2D eigenvalue weighted by atomic mass is 16.6. The molecular weight excluding hydrogens is 370 g/mol. The fraction of sp³-hybridized carbons (Fsp3) is 0.500. The Morgan fingerprint density at radius 3 is 3.07 bits per heavy atom. The summed E-state index contributed by atoms with van der Waals surface area (Å²) in [6.07, 6.45) is 8.47. The number of aromatic amines is 1. The number of pyridine rings is 1. The van der Waals surface area contributed by atoms with Gasteiger partial charge < -0.3 is 15.4 Å². The quantitative estimate of drug-likeness (QED) is 0.586. The average molecular weight is 397 g/mol. The first-order chi connectivity index (χ1) is 14.0. The van der Waals surface area contributed by atoms with Crippen LogP contribution in [-0.2, 0) is 11.8 Å². The number of fused-ring (bicyclic) bond motifs is 1. The van der Waals surface area contributed by atoms with Crippen molar-refractivity contribution in [2.45, 2.75) is 57.6 Å². The standard InChI is InChI=1S/C20H27N7O2/c1-4-12(2)23-20(28)29-15-6-5-13(7-15)16-8-18(26-25-16)24-17-11-21-9-14-10-22-27(3)19(14)17/h8-13,15H,4-7H2,1-3H3,(H,23,28)(H2,24,25,26)/t12?,13-,15+/m0/s1. The van der Waals surface area contributed by atoms with E-state index in [1.165, 1.54) is 0 Å². The van der Waals surface area contributed by atoms with Crippen LogP contribution in [0.25, 0.3) is 10.9 Å². The first-order valence-electron chi connectivity index (χ1n) is 10.1. The number of hydrogen-bond acceptors (Lipinski definition) is 6. The second-order valence-corrected chi connectivity index (χ2v) is 7.72. The van der Waals surface area contributed by atoms with E-state index in [1.54, 1.807) is 18.6 Å². The molecule has 0 radical (unpaired) electrons. The molecule has 0 spiro atoms. The molecule has 3 heterocycles. The number of rotatable bonds is 6. The van der Waals surface area contributed by atoms with E-state index in [2.05, 4.69) is 30.9 Å². The van der Waals surface area contributed by atoms with E-state index in [9.17, 15) is 4.79 Å². The fourth-order valence-corrected chi connectivity index (χ4v) is 3.79. The number of hydrogen-bond donors (Lipinski definition) is 3. The van der Waals surface area contributed by atoms with Gasteiger partial charge in [0.1, 0.15) is 6.10 Å². The van der Waals surface area contributed by atoms with Crippen LogP contribution in [0.2, 0.25) is 0 Å². The molecule has 9 nitrogen and oxygen atoms in total. The Bertz CT molecular complexity index is 996. The molecule has 4 rings (SSSR count). The van der Waals surface area contributed by atoms with Gasteiger partial charge in [0.2, 0.25) is 0 Å². The first kappa shape index (κ1) is 19.2. The van der Waals surface area contributed by atoms with Gasteiger partial charge in [-0.3, -0.25) is 14.8 Å². The third kappa shape index (κ3) is 4.18.